The minimum Gasteiger partial charge on any atom is -0.463 e. The van der Waals surface area contributed by atoms with Crippen LogP contribution in [0.1, 0.15) is 50.7 Å². The van der Waals surface area contributed by atoms with Crippen molar-refractivity contribution in [2.45, 2.75) is 46.5 Å². The van der Waals surface area contributed by atoms with Crippen molar-refractivity contribution in [1.82, 2.24) is 5.32 Å². The number of ether oxygens (including phenoxy) is 2. The van der Waals surface area contributed by atoms with Gasteiger partial charge >= 0.3 is 5.97 Å². The predicted molar refractivity (Wildman–Crippen MR) is 121 cm³/mol. The number of dihydropyridines is 1. The molecule has 2 aliphatic rings. The van der Waals surface area contributed by atoms with Crippen molar-refractivity contribution in [1.29, 1.82) is 0 Å². The molecule has 1 aromatic rings. The van der Waals surface area contributed by atoms with Gasteiger partial charge in [-0.2, -0.15) is 0 Å². The van der Waals surface area contributed by atoms with E-state index in [1.54, 1.807) is 6.92 Å². The largest absolute Gasteiger partial charge is 0.463 e. The zero-order valence-corrected chi connectivity index (χ0v) is 19.4. The van der Waals surface area contributed by atoms with Crippen LogP contribution in [0.3, 0.4) is 0 Å². The van der Waals surface area contributed by atoms with E-state index in [9.17, 15) is 9.59 Å². The lowest BCUT2D eigenvalue weighted by Gasteiger charge is -2.40. The first-order valence-corrected chi connectivity index (χ1v) is 11.0. The number of carbonyl (C=O) groups excluding carboxylic acids is 2. The van der Waals surface area contributed by atoms with Gasteiger partial charge in [0.2, 0.25) is 0 Å². The van der Waals surface area contributed by atoms with Gasteiger partial charge in [-0.1, -0.05) is 43.6 Å². The average Bonchev–Trinajstić information content (AvgIpc) is 2.68. The molecule has 0 saturated heterocycles. The summed E-state index contributed by atoms with van der Waals surface area (Å²) >= 11 is 6.71. The molecule has 0 amide bonds. The first-order chi connectivity index (χ1) is 14.7. The number of hydrogen-bond acceptors (Lipinski definition) is 6. The van der Waals surface area contributed by atoms with Gasteiger partial charge in [-0.3, -0.25) is 4.79 Å². The van der Waals surface area contributed by atoms with Gasteiger partial charge in [-0.15, -0.1) is 0 Å². The van der Waals surface area contributed by atoms with Crippen LogP contribution in [0, 0.1) is 12.3 Å². The van der Waals surface area contributed by atoms with Crippen LogP contribution in [0.5, 0.6) is 0 Å². The third-order valence-electron chi connectivity index (χ3n) is 5.66. The molecule has 1 heterocycles. The molecule has 3 N–H and O–H groups in total. The number of benzene rings is 1. The Morgan fingerprint density at radius 2 is 2.06 bits per heavy atom. The Morgan fingerprint density at radius 1 is 1.32 bits per heavy atom. The highest BCUT2D eigenvalue weighted by Gasteiger charge is 2.44. The van der Waals surface area contributed by atoms with E-state index in [1.165, 1.54) is 0 Å². The molecule has 1 unspecified atom stereocenters. The van der Waals surface area contributed by atoms with Gasteiger partial charge in [0.1, 0.15) is 0 Å². The van der Waals surface area contributed by atoms with Crippen molar-refractivity contribution < 1.29 is 19.1 Å². The number of ketones is 1. The molecular formula is C24H31ClN2O4. The average molecular weight is 447 g/mol. The normalized spacial score (nSPS) is 20.5. The zero-order chi connectivity index (χ0) is 22.8. The van der Waals surface area contributed by atoms with Crippen LogP contribution in [0.15, 0.2) is 40.7 Å². The summed E-state index contributed by atoms with van der Waals surface area (Å²) in [7, 11) is 0. The number of aryl methyl sites for hydroxylation is 1. The fourth-order valence-corrected chi connectivity index (χ4v) is 4.61. The fourth-order valence-electron chi connectivity index (χ4n) is 4.37. The topological polar surface area (TPSA) is 90.7 Å². The molecule has 1 atom stereocenters. The number of Topliss-reactive ketones (excluding diaryl/α,β-unsaturated/α-hetero) is 1. The van der Waals surface area contributed by atoms with Crippen molar-refractivity contribution in [2.24, 2.45) is 11.1 Å². The van der Waals surface area contributed by atoms with Gasteiger partial charge in [0.25, 0.3) is 0 Å². The molecular weight excluding hydrogens is 416 g/mol. The summed E-state index contributed by atoms with van der Waals surface area (Å²) in [5, 5.41) is 3.90. The van der Waals surface area contributed by atoms with E-state index < -0.39 is 11.9 Å². The number of rotatable bonds is 7. The molecule has 0 saturated carbocycles. The molecule has 0 spiro atoms. The second-order valence-electron chi connectivity index (χ2n) is 8.82. The summed E-state index contributed by atoms with van der Waals surface area (Å²) in [5.74, 6) is -1.07. The smallest absolute Gasteiger partial charge is 0.336 e. The lowest BCUT2D eigenvalue weighted by atomic mass is 9.68. The van der Waals surface area contributed by atoms with Crippen molar-refractivity contribution in [3.05, 3.63) is 56.9 Å². The maximum atomic E-state index is 13.4. The summed E-state index contributed by atoms with van der Waals surface area (Å²) in [6.07, 6.45) is 1.09. The van der Waals surface area contributed by atoms with Gasteiger partial charge in [0, 0.05) is 35.2 Å². The third-order valence-corrected chi connectivity index (χ3v) is 6.18. The molecule has 1 aromatic carbocycles. The number of hydrogen-bond donors (Lipinski definition) is 2. The van der Waals surface area contributed by atoms with Gasteiger partial charge in [0.05, 0.1) is 31.1 Å². The number of carbonyl (C=O) groups is 2. The minimum atomic E-state index is -0.609. The highest BCUT2D eigenvalue weighted by atomic mass is 35.5. The maximum Gasteiger partial charge on any atom is 0.336 e. The summed E-state index contributed by atoms with van der Waals surface area (Å²) in [6, 6.07) is 5.68. The van der Waals surface area contributed by atoms with Crippen LogP contribution in [0.4, 0.5) is 0 Å². The van der Waals surface area contributed by atoms with Crippen LogP contribution in [0.2, 0.25) is 5.02 Å². The molecule has 1 aliphatic carbocycles. The molecule has 7 heteroatoms. The van der Waals surface area contributed by atoms with Crippen LogP contribution in [-0.4, -0.2) is 38.1 Å². The summed E-state index contributed by atoms with van der Waals surface area (Å²) in [4.78, 5) is 26.5. The Labute approximate surface area is 188 Å². The first-order valence-electron chi connectivity index (χ1n) is 10.7. The second-order valence-corrected chi connectivity index (χ2v) is 9.20. The van der Waals surface area contributed by atoms with E-state index in [4.69, 9.17) is 26.8 Å². The van der Waals surface area contributed by atoms with Crippen molar-refractivity contribution in [3.63, 3.8) is 0 Å². The van der Waals surface area contributed by atoms with Crippen molar-refractivity contribution in [3.8, 4) is 0 Å². The Hall–Kier alpha value is -2.15. The van der Waals surface area contributed by atoms with Crippen LogP contribution in [-0.2, 0) is 19.1 Å². The van der Waals surface area contributed by atoms with E-state index in [0.29, 0.717) is 47.9 Å². The maximum absolute atomic E-state index is 13.4. The highest BCUT2D eigenvalue weighted by Crippen LogP contribution is 2.48. The predicted octanol–water partition coefficient (Wildman–Crippen LogP) is 3.77. The van der Waals surface area contributed by atoms with E-state index in [0.717, 1.165) is 16.8 Å². The monoisotopic (exact) mass is 446 g/mol. The summed E-state index contributed by atoms with van der Waals surface area (Å²) in [6.45, 7) is 8.92. The Kier molecular flexibility index (Phi) is 7.24. The number of halogens is 1. The number of nitrogens with two attached hydrogens (primary N) is 1. The van der Waals surface area contributed by atoms with Gasteiger partial charge < -0.3 is 20.5 Å². The lowest BCUT2D eigenvalue weighted by Crippen LogP contribution is -2.40. The quantitative estimate of drug-likeness (QED) is 0.489. The molecule has 0 fully saturated rings. The molecule has 0 bridgehead atoms. The Balaban J connectivity index is 2.23. The zero-order valence-electron chi connectivity index (χ0n) is 18.6. The fraction of sp³-hybridized carbons (Fsp3) is 0.500. The Morgan fingerprint density at radius 3 is 2.74 bits per heavy atom. The molecule has 0 aromatic heterocycles. The SMILES string of the molecule is CCOC(=O)C1=C(COCCN)NC2=C(C(=O)CC(C)(C)C2)C1c1cccc(C)c1Cl. The number of nitrogens with one attached hydrogen (secondary N) is 1. The minimum absolute atomic E-state index is 0.0186. The standard InChI is InChI=1S/C24H31ClN2O4/c1-5-31-23(29)21-17(13-30-10-9-26)27-16-11-24(3,4)12-18(28)20(16)19(21)15-8-6-7-14(2)22(15)25/h6-8,19,27H,5,9-13,26H2,1-4H3. The third kappa shape index (κ3) is 4.86. The van der Waals surface area contributed by atoms with Gasteiger partial charge in [-0.25, -0.2) is 4.79 Å². The molecule has 0 radical (unpaired) electrons. The van der Waals surface area contributed by atoms with Crippen LogP contribution in [0.25, 0.3) is 0 Å². The van der Waals surface area contributed by atoms with Crippen molar-refractivity contribution >= 4 is 23.4 Å². The summed E-state index contributed by atoms with van der Waals surface area (Å²) < 4.78 is 11.1. The molecule has 6 nitrogen and oxygen atoms in total. The molecule has 31 heavy (non-hydrogen) atoms. The highest BCUT2D eigenvalue weighted by molar-refractivity contribution is 6.32. The molecule has 3 rings (SSSR count). The second kappa shape index (κ2) is 9.55. The van der Waals surface area contributed by atoms with Crippen LogP contribution < -0.4 is 11.1 Å². The number of esters is 1. The molecule has 1 aliphatic heterocycles. The van der Waals surface area contributed by atoms with E-state index in [1.807, 2.05) is 25.1 Å². The van der Waals surface area contributed by atoms with E-state index >= 15 is 0 Å². The van der Waals surface area contributed by atoms with Crippen molar-refractivity contribution in [2.75, 3.05) is 26.4 Å². The van der Waals surface area contributed by atoms with Gasteiger partial charge in [0.15, 0.2) is 5.78 Å². The van der Waals surface area contributed by atoms with Gasteiger partial charge in [-0.05, 0) is 36.8 Å². The molecule has 168 valence electrons. The summed E-state index contributed by atoms with van der Waals surface area (Å²) in [5.41, 5.74) is 9.38. The lowest BCUT2D eigenvalue weighted by molar-refractivity contribution is -0.139. The van der Waals surface area contributed by atoms with E-state index in [2.05, 4.69) is 19.2 Å². The Bertz CT molecular complexity index is 949. The van der Waals surface area contributed by atoms with E-state index in [-0.39, 0.29) is 24.4 Å². The van der Waals surface area contributed by atoms with Crippen LogP contribution >= 0.6 is 11.6 Å². The number of allylic oxidation sites excluding steroid dienone is 2. The first kappa shape index (κ1) is 23.5.